The van der Waals surface area contributed by atoms with Crippen LogP contribution in [0.25, 0.3) is 0 Å². The molecule has 0 spiro atoms. The van der Waals surface area contributed by atoms with Crippen LogP contribution in [0, 0.1) is 5.82 Å². The average molecular weight is 586 g/mol. The van der Waals surface area contributed by atoms with Crippen LogP contribution in [0.4, 0.5) is 10.1 Å². The summed E-state index contributed by atoms with van der Waals surface area (Å²) in [5.41, 5.74) is 1.06. The molecule has 11 heteroatoms. The molecule has 9 nitrogen and oxygen atoms in total. The van der Waals surface area contributed by atoms with Gasteiger partial charge in [-0.15, -0.1) is 0 Å². The summed E-state index contributed by atoms with van der Waals surface area (Å²) in [5, 5.41) is 2.84. The number of nitrogens with zero attached hydrogens (tertiary/aromatic N) is 2. The number of methoxy groups -OCH3 is 2. The first kappa shape index (κ1) is 31.4. The van der Waals surface area contributed by atoms with Gasteiger partial charge in [0.1, 0.15) is 29.9 Å². The highest BCUT2D eigenvalue weighted by Gasteiger charge is 2.34. The Hall–Kier alpha value is -4.12. The molecule has 3 rings (SSSR count). The predicted molar refractivity (Wildman–Crippen MR) is 156 cm³/mol. The van der Waals surface area contributed by atoms with Gasteiger partial charge in [0.05, 0.1) is 26.2 Å². The van der Waals surface area contributed by atoms with Crippen molar-refractivity contribution in [3.8, 4) is 11.5 Å². The lowest BCUT2D eigenvalue weighted by Crippen LogP contribution is -2.53. The Morgan fingerprint density at radius 1 is 0.976 bits per heavy atom. The highest BCUT2D eigenvalue weighted by atomic mass is 32.2. The van der Waals surface area contributed by atoms with Crippen LogP contribution in [0.3, 0.4) is 0 Å². The first-order valence-corrected chi connectivity index (χ1v) is 15.0. The monoisotopic (exact) mass is 585 g/mol. The standard InChI is InChI=1S/C30H36FN3O6S/c1-5-17-32-30(36)27(18-22-11-7-6-8-12-22)33(20-23-13-9-10-14-25(23)31)29(35)21-34(41(4,37)38)26-19-24(39-2)15-16-28(26)40-3/h6-16,19,27H,5,17-18,20-21H2,1-4H3,(H,32,36)/t27-/m0/s1. The van der Waals surface area contributed by atoms with E-state index in [1.165, 1.54) is 49.5 Å². The molecule has 1 N–H and O–H groups in total. The van der Waals surface area contributed by atoms with Crippen molar-refractivity contribution in [2.45, 2.75) is 32.4 Å². The van der Waals surface area contributed by atoms with Crippen molar-refractivity contribution in [3.63, 3.8) is 0 Å². The molecule has 3 aromatic rings. The van der Waals surface area contributed by atoms with E-state index in [4.69, 9.17) is 9.47 Å². The van der Waals surface area contributed by atoms with E-state index in [1.54, 1.807) is 12.1 Å². The molecule has 0 bridgehead atoms. The Morgan fingerprint density at radius 3 is 2.27 bits per heavy atom. The topological polar surface area (TPSA) is 105 Å². The number of hydrogen-bond acceptors (Lipinski definition) is 6. The third kappa shape index (κ3) is 8.43. The zero-order valence-corrected chi connectivity index (χ0v) is 24.5. The summed E-state index contributed by atoms with van der Waals surface area (Å²) >= 11 is 0. The number of ether oxygens (including phenoxy) is 2. The van der Waals surface area contributed by atoms with E-state index in [2.05, 4.69) is 5.32 Å². The molecule has 0 fully saturated rings. The fourth-order valence-electron chi connectivity index (χ4n) is 4.32. The number of sulfonamides is 1. The lowest BCUT2D eigenvalue weighted by Gasteiger charge is -2.33. The summed E-state index contributed by atoms with van der Waals surface area (Å²) in [6, 6.07) is 18.6. The zero-order valence-electron chi connectivity index (χ0n) is 23.7. The van der Waals surface area contributed by atoms with Crippen molar-refractivity contribution < 1.29 is 31.9 Å². The Morgan fingerprint density at radius 2 is 1.66 bits per heavy atom. The molecular weight excluding hydrogens is 549 g/mol. The van der Waals surface area contributed by atoms with Crippen LogP contribution in [0.1, 0.15) is 24.5 Å². The van der Waals surface area contributed by atoms with Crippen molar-refractivity contribution in [2.24, 2.45) is 0 Å². The Balaban J connectivity index is 2.10. The minimum atomic E-state index is -4.03. The summed E-state index contributed by atoms with van der Waals surface area (Å²) in [7, 11) is -1.22. The van der Waals surface area contributed by atoms with Crippen LogP contribution in [-0.4, -0.2) is 64.7 Å². The summed E-state index contributed by atoms with van der Waals surface area (Å²) in [6.45, 7) is 1.36. The van der Waals surface area contributed by atoms with Crippen LogP contribution in [0.15, 0.2) is 72.8 Å². The second-order valence-corrected chi connectivity index (χ2v) is 11.3. The molecule has 1 atom stereocenters. The normalized spacial score (nSPS) is 11.8. The average Bonchev–Trinajstić information content (AvgIpc) is 2.96. The summed E-state index contributed by atoms with van der Waals surface area (Å²) in [4.78, 5) is 28.8. The summed E-state index contributed by atoms with van der Waals surface area (Å²) in [6.07, 6.45) is 1.77. The van der Waals surface area contributed by atoms with Crippen molar-refractivity contribution >= 4 is 27.5 Å². The maximum absolute atomic E-state index is 14.8. The number of rotatable bonds is 14. The van der Waals surface area contributed by atoms with Gasteiger partial charge < -0.3 is 19.7 Å². The van der Waals surface area contributed by atoms with E-state index in [9.17, 15) is 22.4 Å². The number of nitrogens with one attached hydrogen (secondary N) is 1. The van der Waals surface area contributed by atoms with Crippen LogP contribution < -0.4 is 19.1 Å². The minimum absolute atomic E-state index is 0.0867. The largest absolute Gasteiger partial charge is 0.497 e. The summed E-state index contributed by atoms with van der Waals surface area (Å²) < 4.78 is 52.4. The molecule has 0 unspecified atom stereocenters. The molecule has 2 amide bonds. The van der Waals surface area contributed by atoms with E-state index in [1.807, 2.05) is 37.3 Å². The van der Waals surface area contributed by atoms with Crippen molar-refractivity contribution in [2.75, 3.05) is 37.9 Å². The molecular formula is C30H36FN3O6S. The van der Waals surface area contributed by atoms with Gasteiger partial charge in [-0.1, -0.05) is 55.5 Å². The van der Waals surface area contributed by atoms with Gasteiger partial charge in [-0.3, -0.25) is 13.9 Å². The number of benzene rings is 3. The molecule has 0 saturated carbocycles. The smallest absolute Gasteiger partial charge is 0.244 e. The fraction of sp³-hybridized carbons (Fsp3) is 0.333. The van der Waals surface area contributed by atoms with Gasteiger partial charge in [0, 0.05) is 31.1 Å². The fourth-order valence-corrected chi connectivity index (χ4v) is 5.16. The third-order valence-corrected chi connectivity index (χ3v) is 7.58. The van der Waals surface area contributed by atoms with Gasteiger partial charge >= 0.3 is 0 Å². The molecule has 0 heterocycles. The van der Waals surface area contributed by atoms with Gasteiger partial charge in [0.15, 0.2) is 0 Å². The molecule has 0 aliphatic heterocycles. The molecule has 0 radical (unpaired) electrons. The quantitative estimate of drug-likeness (QED) is 0.309. The molecule has 0 aliphatic rings. The lowest BCUT2D eigenvalue weighted by atomic mass is 10.0. The maximum atomic E-state index is 14.8. The van der Waals surface area contributed by atoms with Crippen LogP contribution in [0.5, 0.6) is 11.5 Å². The molecule has 0 saturated heterocycles. The Kier molecular flexibility index (Phi) is 11.1. The first-order valence-electron chi connectivity index (χ1n) is 13.1. The number of amides is 2. The second-order valence-electron chi connectivity index (χ2n) is 9.42. The molecule has 41 heavy (non-hydrogen) atoms. The van der Waals surface area contributed by atoms with Crippen LogP contribution in [0.2, 0.25) is 0 Å². The number of carbonyl (C=O) groups is 2. The molecule has 0 aliphatic carbocycles. The van der Waals surface area contributed by atoms with E-state index >= 15 is 0 Å². The van der Waals surface area contributed by atoms with Crippen molar-refractivity contribution in [1.82, 2.24) is 10.2 Å². The van der Waals surface area contributed by atoms with E-state index < -0.39 is 40.2 Å². The van der Waals surface area contributed by atoms with E-state index in [0.717, 1.165) is 16.1 Å². The highest BCUT2D eigenvalue weighted by Crippen LogP contribution is 2.34. The predicted octanol–water partition coefficient (Wildman–Crippen LogP) is 3.78. The van der Waals surface area contributed by atoms with Gasteiger partial charge in [-0.05, 0) is 30.2 Å². The Labute approximate surface area is 240 Å². The van der Waals surface area contributed by atoms with Crippen molar-refractivity contribution in [1.29, 1.82) is 0 Å². The van der Waals surface area contributed by atoms with Crippen LogP contribution >= 0.6 is 0 Å². The second kappa shape index (κ2) is 14.5. The Bertz CT molecular complexity index is 1440. The van der Waals surface area contributed by atoms with Gasteiger partial charge in [-0.2, -0.15) is 0 Å². The molecule has 0 aromatic heterocycles. The van der Waals surface area contributed by atoms with Crippen molar-refractivity contribution in [3.05, 3.63) is 89.7 Å². The third-order valence-electron chi connectivity index (χ3n) is 6.45. The lowest BCUT2D eigenvalue weighted by molar-refractivity contribution is -0.140. The number of carbonyl (C=O) groups excluding carboxylic acids is 2. The highest BCUT2D eigenvalue weighted by molar-refractivity contribution is 7.92. The molecule has 220 valence electrons. The van der Waals surface area contributed by atoms with E-state index in [-0.39, 0.29) is 30.0 Å². The number of hydrogen-bond donors (Lipinski definition) is 1. The van der Waals surface area contributed by atoms with Gasteiger partial charge in [0.25, 0.3) is 0 Å². The minimum Gasteiger partial charge on any atom is -0.497 e. The van der Waals surface area contributed by atoms with Gasteiger partial charge in [0.2, 0.25) is 21.8 Å². The summed E-state index contributed by atoms with van der Waals surface area (Å²) in [5.74, 6) is -1.12. The van der Waals surface area contributed by atoms with Crippen LogP contribution in [-0.2, 0) is 32.6 Å². The molecule has 3 aromatic carbocycles. The van der Waals surface area contributed by atoms with E-state index in [0.29, 0.717) is 18.7 Å². The number of anilines is 1. The maximum Gasteiger partial charge on any atom is 0.244 e. The first-order chi connectivity index (χ1) is 19.6. The van der Waals surface area contributed by atoms with Gasteiger partial charge in [-0.25, -0.2) is 12.8 Å². The number of halogens is 1. The SMILES string of the molecule is CCCNC(=O)[C@H](Cc1ccccc1)N(Cc1ccccc1F)C(=O)CN(c1cc(OC)ccc1OC)S(C)(=O)=O. The zero-order chi connectivity index (χ0) is 30.0.